The maximum absolute atomic E-state index is 10.2. The number of hydrogen-bond donors (Lipinski definition) is 3. The molecule has 0 unspecified atom stereocenters. The van der Waals surface area contributed by atoms with Crippen molar-refractivity contribution in [2.75, 3.05) is 13.1 Å². The molecule has 0 spiro atoms. The van der Waals surface area contributed by atoms with E-state index in [1.54, 1.807) is 0 Å². The van der Waals surface area contributed by atoms with Crippen molar-refractivity contribution in [2.24, 2.45) is 5.92 Å². The van der Waals surface area contributed by atoms with Crippen molar-refractivity contribution < 1.29 is 10.2 Å². The van der Waals surface area contributed by atoms with Crippen LogP contribution in [0.5, 0.6) is 0 Å². The molecular weight excluding hydrogens is 178 g/mol. The number of likely N-dealkylation sites (N-methyl/N-ethyl adjacent to an activating group) is 1. The average Bonchev–Trinajstić information content (AvgIpc) is 2.14. The minimum absolute atomic E-state index is 0.184. The van der Waals surface area contributed by atoms with Gasteiger partial charge in [-0.1, -0.05) is 27.7 Å². The molecule has 86 valence electrons. The van der Waals surface area contributed by atoms with Crippen LogP contribution in [-0.2, 0) is 0 Å². The summed E-state index contributed by atoms with van der Waals surface area (Å²) >= 11 is 0. The van der Waals surface area contributed by atoms with Crippen molar-refractivity contribution in [1.82, 2.24) is 5.32 Å². The molecule has 0 aliphatic carbocycles. The van der Waals surface area contributed by atoms with E-state index in [4.69, 9.17) is 0 Å². The summed E-state index contributed by atoms with van der Waals surface area (Å²) in [6.07, 6.45) is 0.685. The smallest absolute Gasteiger partial charge is 0.0693 e. The van der Waals surface area contributed by atoms with Gasteiger partial charge in [0.05, 0.1) is 11.7 Å². The normalized spacial score (nSPS) is 18.2. The maximum Gasteiger partial charge on any atom is 0.0693 e. The fraction of sp³-hybridized carbons (Fsp3) is 1.00. The summed E-state index contributed by atoms with van der Waals surface area (Å²) in [6, 6.07) is 0. The van der Waals surface area contributed by atoms with Crippen molar-refractivity contribution in [2.45, 2.75) is 52.2 Å². The average molecular weight is 203 g/mol. The van der Waals surface area contributed by atoms with Crippen molar-refractivity contribution in [1.29, 1.82) is 0 Å². The van der Waals surface area contributed by atoms with Gasteiger partial charge in [0.1, 0.15) is 0 Å². The van der Waals surface area contributed by atoms with Crippen LogP contribution in [0.2, 0.25) is 0 Å². The zero-order chi connectivity index (χ0) is 11.2. The zero-order valence-corrected chi connectivity index (χ0v) is 9.88. The van der Waals surface area contributed by atoms with Crippen LogP contribution in [0.15, 0.2) is 0 Å². The van der Waals surface area contributed by atoms with E-state index in [0.29, 0.717) is 19.4 Å². The van der Waals surface area contributed by atoms with Gasteiger partial charge in [-0.25, -0.2) is 0 Å². The van der Waals surface area contributed by atoms with Gasteiger partial charge in [-0.2, -0.15) is 0 Å². The fourth-order valence-corrected chi connectivity index (χ4v) is 1.58. The summed E-state index contributed by atoms with van der Waals surface area (Å²) < 4.78 is 0. The van der Waals surface area contributed by atoms with Crippen molar-refractivity contribution >= 4 is 0 Å². The molecule has 0 radical (unpaired) electrons. The molecule has 0 saturated carbocycles. The topological polar surface area (TPSA) is 52.5 Å². The number of aliphatic hydroxyl groups is 2. The second kappa shape index (κ2) is 6.38. The predicted molar refractivity (Wildman–Crippen MR) is 59.2 cm³/mol. The van der Waals surface area contributed by atoms with Gasteiger partial charge in [-0.15, -0.1) is 0 Å². The molecule has 0 fully saturated rings. The van der Waals surface area contributed by atoms with Crippen LogP contribution in [-0.4, -0.2) is 35.0 Å². The molecule has 0 bridgehead atoms. The Morgan fingerprint density at radius 3 is 2.21 bits per heavy atom. The van der Waals surface area contributed by atoms with Crippen molar-refractivity contribution in [3.63, 3.8) is 0 Å². The first-order chi connectivity index (χ1) is 6.46. The van der Waals surface area contributed by atoms with Crippen LogP contribution in [0.25, 0.3) is 0 Å². The second-order valence-corrected chi connectivity index (χ2v) is 4.28. The lowest BCUT2D eigenvalue weighted by Crippen LogP contribution is -2.41. The van der Waals surface area contributed by atoms with Gasteiger partial charge in [0.25, 0.3) is 0 Å². The highest BCUT2D eigenvalue weighted by Gasteiger charge is 2.31. The molecular formula is C11H25NO2. The Morgan fingerprint density at radius 2 is 1.86 bits per heavy atom. The van der Waals surface area contributed by atoms with Crippen LogP contribution in [0.4, 0.5) is 0 Å². The molecule has 0 aliphatic rings. The molecule has 3 N–H and O–H groups in total. The zero-order valence-electron chi connectivity index (χ0n) is 9.88. The van der Waals surface area contributed by atoms with E-state index < -0.39 is 11.7 Å². The van der Waals surface area contributed by atoms with Crippen LogP contribution in [0, 0.1) is 5.92 Å². The molecule has 14 heavy (non-hydrogen) atoms. The summed E-state index contributed by atoms with van der Waals surface area (Å²) in [5.41, 5.74) is -0.727. The van der Waals surface area contributed by atoms with Crippen LogP contribution in [0.3, 0.4) is 0 Å². The maximum atomic E-state index is 10.2. The lowest BCUT2D eigenvalue weighted by molar-refractivity contribution is -0.0481. The summed E-state index contributed by atoms with van der Waals surface area (Å²) in [6.45, 7) is 9.35. The minimum Gasteiger partial charge on any atom is -0.392 e. The van der Waals surface area contributed by atoms with Gasteiger partial charge in [-0.3, -0.25) is 0 Å². The Bertz CT molecular complexity index is 150. The SMILES string of the molecule is CCNC[C@@H](O)C[C@@](O)(CC)C(C)C. The monoisotopic (exact) mass is 203 g/mol. The Balaban J connectivity index is 4.03. The van der Waals surface area contributed by atoms with Gasteiger partial charge in [-0.05, 0) is 18.9 Å². The first-order valence-electron chi connectivity index (χ1n) is 5.57. The fourth-order valence-electron chi connectivity index (χ4n) is 1.58. The van der Waals surface area contributed by atoms with Gasteiger partial charge in [0, 0.05) is 13.0 Å². The molecule has 2 atom stereocenters. The van der Waals surface area contributed by atoms with Gasteiger partial charge in [0.2, 0.25) is 0 Å². The Hall–Kier alpha value is -0.120. The molecule has 0 aliphatic heterocycles. The molecule has 0 rings (SSSR count). The summed E-state index contributed by atoms with van der Waals surface area (Å²) in [5, 5.41) is 22.9. The standard InChI is InChI=1S/C11H25NO2/c1-5-11(14,9(3)4)7-10(13)8-12-6-2/h9-10,12-14H,5-8H2,1-4H3/t10-,11-/m0/s1. The number of aliphatic hydroxyl groups excluding tert-OH is 1. The minimum atomic E-state index is -0.727. The Morgan fingerprint density at radius 1 is 1.29 bits per heavy atom. The van der Waals surface area contributed by atoms with E-state index in [2.05, 4.69) is 5.32 Å². The predicted octanol–water partition coefficient (Wildman–Crippen LogP) is 1.14. The lowest BCUT2D eigenvalue weighted by Gasteiger charge is -2.33. The third-order valence-corrected chi connectivity index (χ3v) is 2.91. The molecule has 0 aromatic carbocycles. The third-order valence-electron chi connectivity index (χ3n) is 2.91. The molecule has 0 aromatic rings. The summed E-state index contributed by atoms with van der Waals surface area (Å²) in [5.74, 6) is 0.184. The molecule has 0 saturated heterocycles. The lowest BCUT2D eigenvalue weighted by atomic mass is 9.83. The molecule has 0 aromatic heterocycles. The van der Waals surface area contributed by atoms with Gasteiger partial charge in [0.15, 0.2) is 0 Å². The van der Waals surface area contributed by atoms with E-state index in [1.807, 2.05) is 27.7 Å². The first-order valence-corrected chi connectivity index (χ1v) is 5.57. The van der Waals surface area contributed by atoms with E-state index in [9.17, 15) is 10.2 Å². The van der Waals surface area contributed by atoms with Crippen molar-refractivity contribution in [3.05, 3.63) is 0 Å². The van der Waals surface area contributed by atoms with Gasteiger partial charge >= 0.3 is 0 Å². The highest BCUT2D eigenvalue weighted by atomic mass is 16.3. The van der Waals surface area contributed by atoms with E-state index in [1.165, 1.54) is 0 Å². The molecule has 0 amide bonds. The summed E-state index contributed by atoms with van der Waals surface area (Å²) in [4.78, 5) is 0. The highest BCUT2D eigenvalue weighted by Crippen LogP contribution is 2.26. The van der Waals surface area contributed by atoms with Crippen LogP contribution in [0.1, 0.15) is 40.5 Å². The number of rotatable bonds is 7. The van der Waals surface area contributed by atoms with Crippen LogP contribution < -0.4 is 5.32 Å². The molecule has 0 heterocycles. The summed E-state index contributed by atoms with van der Waals surface area (Å²) in [7, 11) is 0. The molecule has 3 heteroatoms. The highest BCUT2D eigenvalue weighted by molar-refractivity contribution is 4.83. The largest absolute Gasteiger partial charge is 0.392 e. The van der Waals surface area contributed by atoms with Crippen molar-refractivity contribution in [3.8, 4) is 0 Å². The van der Waals surface area contributed by atoms with E-state index in [0.717, 1.165) is 6.54 Å². The van der Waals surface area contributed by atoms with Crippen LogP contribution >= 0.6 is 0 Å². The number of nitrogens with one attached hydrogen (secondary N) is 1. The second-order valence-electron chi connectivity index (χ2n) is 4.28. The van der Waals surface area contributed by atoms with E-state index in [-0.39, 0.29) is 5.92 Å². The Labute approximate surface area is 87.5 Å². The van der Waals surface area contributed by atoms with E-state index >= 15 is 0 Å². The third kappa shape index (κ3) is 4.40. The van der Waals surface area contributed by atoms with Gasteiger partial charge < -0.3 is 15.5 Å². The quantitative estimate of drug-likeness (QED) is 0.581. The Kier molecular flexibility index (Phi) is 6.33. The molecule has 3 nitrogen and oxygen atoms in total. The first kappa shape index (κ1) is 13.9. The number of hydrogen-bond acceptors (Lipinski definition) is 3.